The number of rotatable bonds is 11. The molecule has 1 aliphatic heterocycles. The molecule has 0 amide bonds. The molecule has 0 radical (unpaired) electrons. The topological polar surface area (TPSA) is 116 Å². The maximum Gasteiger partial charge on any atom is 0.323 e. The minimum atomic E-state index is -4.14. The van der Waals surface area contributed by atoms with Gasteiger partial charge in [-0.05, 0) is 64.4 Å². The normalized spacial score (nSPS) is 16.3. The van der Waals surface area contributed by atoms with Crippen LogP contribution in [0.25, 0.3) is 11.1 Å². The Balaban J connectivity index is 1.13. The lowest BCUT2D eigenvalue weighted by molar-refractivity contribution is -0.207. The molecule has 1 aliphatic rings. The SMILES string of the molecule is CCC(C)C(O)c1ccc(N2CCN(c3ccc(-c4ccc(C(F)(F)C(O)(Cn5cnnn5)c5ccc(F)cc5F)nc4)cc3)CC2)cn1. The van der Waals surface area contributed by atoms with E-state index in [2.05, 4.69) is 35.3 Å². The van der Waals surface area contributed by atoms with Crippen LogP contribution in [0.4, 0.5) is 28.9 Å². The van der Waals surface area contributed by atoms with Crippen molar-refractivity contribution in [2.75, 3.05) is 36.0 Å². The van der Waals surface area contributed by atoms with Crippen molar-refractivity contribution >= 4 is 11.4 Å². The lowest BCUT2D eigenvalue weighted by atomic mass is 9.84. The molecule has 2 aromatic carbocycles. The van der Waals surface area contributed by atoms with E-state index in [0.717, 1.165) is 78.7 Å². The number of aliphatic hydroxyl groups is 2. The van der Waals surface area contributed by atoms with E-state index in [4.69, 9.17) is 0 Å². The third kappa shape index (κ3) is 6.83. The van der Waals surface area contributed by atoms with Gasteiger partial charge in [0.25, 0.3) is 0 Å². The number of tetrazole rings is 1. The molecular weight excluding hydrogens is 640 g/mol. The summed E-state index contributed by atoms with van der Waals surface area (Å²) < 4.78 is 61.5. The van der Waals surface area contributed by atoms with Gasteiger partial charge >= 0.3 is 5.92 Å². The van der Waals surface area contributed by atoms with Gasteiger partial charge in [-0.25, -0.2) is 13.5 Å². The van der Waals surface area contributed by atoms with Gasteiger partial charge in [-0.2, -0.15) is 8.78 Å². The molecule has 2 N–H and O–H groups in total. The molecular formula is C35H36F4N8O2. The number of piperazine rings is 1. The summed E-state index contributed by atoms with van der Waals surface area (Å²) in [5, 5.41) is 32.2. The Kier molecular flexibility index (Phi) is 9.61. The van der Waals surface area contributed by atoms with Gasteiger partial charge < -0.3 is 20.0 Å². The number of alkyl halides is 2. The Labute approximate surface area is 280 Å². The van der Waals surface area contributed by atoms with Crippen molar-refractivity contribution in [3.63, 3.8) is 0 Å². The van der Waals surface area contributed by atoms with Crippen LogP contribution in [0, 0.1) is 17.6 Å². The molecule has 5 aromatic rings. The zero-order valence-corrected chi connectivity index (χ0v) is 27.0. The van der Waals surface area contributed by atoms with Crippen molar-refractivity contribution in [2.45, 2.75) is 44.4 Å². The van der Waals surface area contributed by atoms with E-state index in [1.807, 2.05) is 56.4 Å². The Morgan fingerprint density at radius 1 is 0.837 bits per heavy atom. The fourth-order valence-corrected chi connectivity index (χ4v) is 5.99. The maximum atomic E-state index is 16.1. The lowest BCUT2D eigenvalue weighted by Crippen LogP contribution is -2.48. The third-order valence-corrected chi connectivity index (χ3v) is 9.23. The first-order valence-electron chi connectivity index (χ1n) is 16.0. The largest absolute Gasteiger partial charge is 0.387 e. The van der Waals surface area contributed by atoms with Gasteiger partial charge in [0.2, 0.25) is 0 Å². The first-order chi connectivity index (χ1) is 23.5. The minimum absolute atomic E-state index is 0.135. The number of nitrogens with zero attached hydrogens (tertiary/aromatic N) is 8. The summed E-state index contributed by atoms with van der Waals surface area (Å²) in [7, 11) is 0. The maximum absolute atomic E-state index is 16.1. The predicted molar refractivity (Wildman–Crippen MR) is 175 cm³/mol. The van der Waals surface area contributed by atoms with E-state index in [9.17, 15) is 19.0 Å². The van der Waals surface area contributed by atoms with Gasteiger partial charge in [0, 0.05) is 55.3 Å². The second kappa shape index (κ2) is 13.9. The van der Waals surface area contributed by atoms with Crippen LogP contribution in [0.5, 0.6) is 0 Å². The second-order valence-electron chi connectivity index (χ2n) is 12.3. The lowest BCUT2D eigenvalue weighted by Gasteiger charge is -2.37. The molecule has 0 aliphatic carbocycles. The van der Waals surface area contributed by atoms with Crippen LogP contribution in [0.2, 0.25) is 0 Å². The highest BCUT2D eigenvalue weighted by Crippen LogP contribution is 2.47. The van der Waals surface area contributed by atoms with Gasteiger partial charge in [0.05, 0.1) is 30.2 Å². The monoisotopic (exact) mass is 676 g/mol. The van der Waals surface area contributed by atoms with Crippen molar-refractivity contribution in [3.8, 4) is 11.1 Å². The summed E-state index contributed by atoms with van der Waals surface area (Å²) >= 11 is 0. The minimum Gasteiger partial charge on any atom is -0.387 e. The van der Waals surface area contributed by atoms with Gasteiger partial charge in [-0.3, -0.25) is 9.97 Å². The number of pyridine rings is 2. The molecule has 3 aromatic heterocycles. The Hall–Kier alpha value is -4.95. The molecule has 0 bridgehead atoms. The molecule has 10 nitrogen and oxygen atoms in total. The standard InChI is InChI=1S/C35H36F4N8O2/c1-3-23(2)33(48)31-12-10-28(20-40-31)46-16-14-45(15-17-46)27-8-4-24(5-9-27)25-6-13-32(41-19-25)35(38,39)34(49,21-47-22-42-43-44-47)29-11-7-26(36)18-30(29)37/h4-13,18-20,22-23,33,48-49H,3,14-17,21H2,1-2H3. The molecule has 0 spiro atoms. The second-order valence-corrected chi connectivity index (χ2v) is 12.3. The van der Waals surface area contributed by atoms with Crippen molar-refractivity contribution in [1.82, 2.24) is 30.2 Å². The Morgan fingerprint density at radius 3 is 2.08 bits per heavy atom. The fourth-order valence-electron chi connectivity index (χ4n) is 5.99. The van der Waals surface area contributed by atoms with E-state index in [1.54, 1.807) is 0 Å². The number of hydrogen-bond acceptors (Lipinski definition) is 9. The van der Waals surface area contributed by atoms with Crippen LogP contribution in [0.15, 0.2) is 85.5 Å². The summed E-state index contributed by atoms with van der Waals surface area (Å²) in [6.07, 6.45) is 4.36. The summed E-state index contributed by atoms with van der Waals surface area (Å²) in [6, 6.07) is 16.1. The highest BCUT2D eigenvalue weighted by molar-refractivity contribution is 5.66. The Morgan fingerprint density at radius 2 is 1.51 bits per heavy atom. The molecule has 14 heteroatoms. The number of hydrogen-bond donors (Lipinski definition) is 2. The van der Waals surface area contributed by atoms with Crippen LogP contribution in [-0.4, -0.2) is 66.6 Å². The van der Waals surface area contributed by atoms with Crippen LogP contribution < -0.4 is 9.80 Å². The first kappa shape index (κ1) is 33.9. The van der Waals surface area contributed by atoms with E-state index < -0.39 is 47.1 Å². The zero-order chi connectivity index (χ0) is 34.8. The van der Waals surface area contributed by atoms with Gasteiger partial charge in [0.1, 0.15) is 23.7 Å². The van der Waals surface area contributed by atoms with Gasteiger partial charge in [-0.15, -0.1) is 5.10 Å². The van der Waals surface area contributed by atoms with Crippen molar-refractivity contribution in [3.05, 3.63) is 114 Å². The number of benzene rings is 2. The van der Waals surface area contributed by atoms with Gasteiger partial charge in [-0.1, -0.05) is 38.5 Å². The van der Waals surface area contributed by atoms with Crippen LogP contribution in [0.3, 0.4) is 0 Å². The quantitative estimate of drug-likeness (QED) is 0.175. The van der Waals surface area contributed by atoms with Gasteiger partial charge in [0.15, 0.2) is 5.60 Å². The van der Waals surface area contributed by atoms with E-state index in [0.29, 0.717) is 17.3 Å². The van der Waals surface area contributed by atoms with E-state index in [1.165, 1.54) is 12.3 Å². The van der Waals surface area contributed by atoms with Crippen LogP contribution in [-0.2, 0) is 18.1 Å². The molecule has 3 atom stereocenters. The highest BCUT2D eigenvalue weighted by atomic mass is 19.3. The average molecular weight is 677 g/mol. The summed E-state index contributed by atoms with van der Waals surface area (Å²) in [5.41, 5.74) is -0.864. The van der Waals surface area contributed by atoms with E-state index >= 15 is 8.78 Å². The highest BCUT2D eigenvalue weighted by Gasteiger charge is 2.58. The average Bonchev–Trinajstić information content (AvgIpc) is 3.64. The zero-order valence-electron chi connectivity index (χ0n) is 27.0. The first-order valence-corrected chi connectivity index (χ1v) is 16.0. The summed E-state index contributed by atoms with van der Waals surface area (Å²) in [5.74, 6) is -6.34. The Bertz CT molecular complexity index is 1840. The van der Waals surface area contributed by atoms with Crippen molar-refractivity contribution < 1.29 is 27.8 Å². The predicted octanol–water partition coefficient (Wildman–Crippen LogP) is 5.49. The smallest absolute Gasteiger partial charge is 0.323 e. The van der Waals surface area contributed by atoms with Crippen molar-refractivity contribution in [2.24, 2.45) is 5.92 Å². The summed E-state index contributed by atoms with van der Waals surface area (Å²) in [6.45, 7) is 6.26. The van der Waals surface area contributed by atoms with Crippen LogP contribution >= 0.6 is 0 Å². The molecule has 1 fully saturated rings. The molecule has 6 rings (SSSR count). The molecule has 0 saturated carbocycles. The number of aromatic nitrogens is 6. The molecule has 49 heavy (non-hydrogen) atoms. The fraction of sp³-hybridized carbons (Fsp3) is 0.343. The van der Waals surface area contributed by atoms with Crippen molar-refractivity contribution in [1.29, 1.82) is 0 Å². The summed E-state index contributed by atoms with van der Waals surface area (Å²) in [4.78, 5) is 13.0. The van der Waals surface area contributed by atoms with Crippen LogP contribution in [0.1, 0.15) is 43.3 Å². The number of halogens is 4. The molecule has 256 valence electrons. The molecule has 1 saturated heterocycles. The number of anilines is 2. The third-order valence-electron chi connectivity index (χ3n) is 9.23. The molecule has 4 heterocycles. The molecule has 3 unspecified atom stereocenters. The van der Waals surface area contributed by atoms with E-state index in [-0.39, 0.29) is 5.92 Å². The number of aliphatic hydroxyl groups excluding tert-OH is 1.